The molecule has 0 saturated heterocycles. The summed E-state index contributed by atoms with van der Waals surface area (Å²) in [7, 11) is 0. The summed E-state index contributed by atoms with van der Waals surface area (Å²) in [6, 6.07) is 0. The smallest absolute Gasteiger partial charge is 0.0233 e. The zero-order valence-electron chi connectivity index (χ0n) is 19.2. The molecule has 0 N–H and O–H groups in total. The van der Waals surface area contributed by atoms with Gasteiger partial charge in [-0.05, 0) is 62.2 Å². The summed E-state index contributed by atoms with van der Waals surface area (Å²) < 4.78 is 0. The summed E-state index contributed by atoms with van der Waals surface area (Å²) in [5.41, 5.74) is 0. The summed E-state index contributed by atoms with van der Waals surface area (Å²) in [6.07, 6.45) is 34.8. The van der Waals surface area contributed by atoms with Crippen LogP contribution in [0.4, 0.5) is 0 Å². The van der Waals surface area contributed by atoms with Gasteiger partial charge in [0.2, 0.25) is 0 Å². The van der Waals surface area contributed by atoms with E-state index < -0.39 is 0 Å². The predicted molar refractivity (Wildman–Crippen MR) is 127 cm³/mol. The van der Waals surface area contributed by atoms with Crippen LogP contribution in [0.1, 0.15) is 129 Å². The fourth-order valence-electron chi connectivity index (χ4n) is 5.57. The van der Waals surface area contributed by atoms with Gasteiger partial charge in [0.25, 0.3) is 0 Å². The molecule has 2 saturated carbocycles. The second-order valence-corrected chi connectivity index (χ2v) is 10.1. The lowest BCUT2D eigenvalue weighted by Gasteiger charge is -2.28. The molecule has 2 rings (SSSR count). The van der Waals surface area contributed by atoms with E-state index in [1.807, 2.05) is 0 Å². The fraction of sp³-hybridized carbons (Fsp3) is 0.857. The highest BCUT2D eigenvalue weighted by molar-refractivity contribution is 4.94. The Morgan fingerprint density at radius 2 is 1.18 bits per heavy atom. The van der Waals surface area contributed by atoms with Crippen LogP contribution in [0, 0.1) is 23.7 Å². The normalized spacial score (nSPS) is 28.6. The molecular formula is C28H50. The van der Waals surface area contributed by atoms with Crippen molar-refractivity contribution in [1.82, 2.24) is 0 Å². The zero-order valence-corrected chi connectivity index (χ0v) is 19.2. The third-order valence-electron chi connectivity index (χ3n) is 7.73. The van der Waals surface area contributed by atoms with Crippen molar-refractivity contribution in [1.29, 1.82) is 0 Å². The molecule has 2 aliphatic carbocycles. The van der Waals surface area contributed by atoms with E-state index in [-0.39, 0.29) is 0 Å². The average molecular weight is 387 g/mol. The van der Waals surface area contributed by atoms with E-state index in [0.29, 0.717) is 0 Å². The van der Waals surface area contributed by atoms with E-state index >= 15 is 0 Å². The molecule has 0 amide bonds. The minimum atomic E-state index is 0.797. The summed E-state index contributed by atoms with van der Waals surface area (Å²) in [5.74, 6) is 3.74. The van der Waals surface area contributed by atoms with Gasteiger partial charge in [-0.25, -0.2) is 0 Å². The highest BCUT2D eigenvalue weighted by Gasteiger charge is 2.20. The number of allylic oxidation sites excluding steroid dienone is 3. The Kier molecular flexibility index (Phi) is 13.0. The van der Waals surface area contributed by atoms with Gasteiger partial charge in [0.1, 0.15) is 0 Å². The van der Waals surface area contributed by atoms with E-state index in [2.05, 4.69) is 31.7 Å². The van der Waals surface area contributed by atoms with Crippen LogP contribution in [-0.2, 0) is 0 Å². The van der Waals surface area contributed by atoms with Gasteiger partial charge >= 0.3 is 0 Å². The molecule has 2 aliphatic rings. The van der Waals surface area contributed by atoms with Crippen molar-refractivity contribution < 1.29 is 0 Å². The molecule has 0 spiro atoms. The van der Waals surface area contributed by atoms with Gasteiger partial charge in [0, 0.05) is 0 Å². The third kappa shape index (κ3) is 10.3. The molecule has 0 atom stereocenters. The molecule has 0 bridgehead atoms. The molecule has 0 aliphatic heterocycles. The van der Waals surface area contributed by atoms with Gasteiger partial charge in [-0.15, -0.1) is 6.58 Å². The van der Waals surface area contributed by atoms with Crippen LogP contribution in [0.3, 0.4) is 0 Å². The molecule has 0 radical (unpaired) electrons. The van der Waals surface area contributed by atoms with Crippen molar-refractivity contribution in [2.75, 3.05) is 0 Å². The number of rotatable bonds is 14. The van der Waals surface area contributed by atoms with Crippen molar-refractivity contribution in [3.63, 3.8) is 0 Å². The minimum Gasteiger partial charge on any atom is -0.103 e. The van der Waals surface area contributed by atoms with E-state index in [9.17, 15) is 0 Å². The van der Waals surface area contributed by atoms with Crippen LogP contribution in [0.2, 0.25) is 0 Å². The molecular weight excluding hydrogens is 336 g/mol. The van der Waals surface area contributed by atoms with Crippen molar-refractivity contribution in [3.05, 3.63) is 24.8 Å². The van der Waals surface area contributed by atoms with Crippen LogP contribution in [0.15, 0.2) is 24.8 Å². The van der Waals surface area contributed by atoms with E-state index in [1.54, 1.807) is 0 Å². The van der Waals surface area contributed by atoms with Crippen molar-refractivity contribution in [2.24, 2.45) is 23.7 Å². The molecule has 28 heavy (non-hydrogen) atoms. The summed E-state index contributed by atoms with van der Waals surface area (Å²) >= 11 is 0. The molecule has 0 aromatic rings. The summed E-state index contributed by atoms with van der Waals surface area (Å²) in [5, 5.41) is 0. The highest BCUT2D eigenvalue weighted by Crippen LogP contribution is 2.35. The number of unbranched alkanes of at least 4 members (excludes halogenated alkanes) is 7. The Labute approximate surface area is 177 Å². The fourth-order valence-corrected chi connectivity index (χ4v) is 5.57. The molecule has 0 aromatic carbocycles. The zero-order chi connectivity index (χ0) is 19.9. The van der Waals surface area contributed by atoms with Crippen molar-refractivity contribution in [3.8, 4) is 0 Å². The molecule has 0 heterocycles. The van der Waals surface area contributed by atoms with Gasteiger partial charge < -0.3 is 0 Å². The largest absolute Gasteiger partial charge is 0.103 e. The number of hydrogen-bond acceptors (Lipinski definition) is 0. The van der Waals surface area contributed by atoms with Crippen molar-refractivity contribution in [2.45, 2.75) is 129 Å². The second-order valence-electron chi connectivity index (χ2n) is 10.1. The Morgan fingerprint density at radius 3 is 1.79 bits per heavy atom. The molecule has 2 fully saturated rings. The van der Waals surface area contributed by atoms with E-state index in [1.165, 1.54) is 122 Å². The Bertz CT molecular complexity index is 390. The summed E-state index contributed by atoms with van der Waals surface area (Å²) in [6.45, 7) is 6.27. The summed E-state index contributed by atoms with van der Waals surface area (Å²) in [4.78, 5) is 0. The van der Waals surface area contributed by atoms with E-state index in [0.717, 1.165) is 23.7 Å². The van der Waals surface area contributed by atoms with Gasteiger partial charge in [-0.3, -0.25) is 0 Å². The predicted octanol–water partition coefficient (Wildman–Crippen LogP) is 9.65. The van der Waals surface area contributed by atoms with Crippen LogP contribution in [0.5, 0.6) is 0 Å². The first kappa shape index (κ1) is 23.8. The molecule has 0 unspecified atom stereocenters. The lowest BCUT2D eigenvalue weighted by Crippen LogP contribution is -2.14. The standard InChI is InChI=1S/C28H50/c1-3-5-6-7-8-9-10-11-14-26-21-23-28(24-22-26)16-13-12-15-27-19-17-25(4-2)18-20-27/h4,12,15,25-28H,2-3,5-11,13-14,16-24H2,1H3. The van der Waals surface area contributed by atoms with E-state index in [4.69, 9.17) is 0 Å². The van der Waals surface area contributed by atoms with Gasteiger partial charge in [-0.1, -0.05) is 109 Å². The third-order valence-corrected chi connectivity index (χ3v) is 7.73. The first-order chi connectivity index (χ1) is 13.8. The van der Waals surface area contributed by atoms with Crippen LogP contribution < -0.4 is 0 Å². The topological polar surface area (TPSA) is 0 Å². The van der Waals surface area contributed by atoms with Gasteiger partial charge in [-0.2, -0.15) is 0 Å². The first-order valence-corrected chi connectivity index (χ1v) is 13.1. The molecule has 0 heteroatoms. The van der Waals surface area contributed by atoms with Crippen LogP contribution >= 0.6 is 0 Å². The van der Waals surface area contributed by atoms with Crippen LogP contribution in [-0.4, -0.2) is 0 Å². The Balaban J connectivity index is 1.42. The van der Waals surface area contributed by atoms with Gasteiger partial charge in [0.15, 0.2) is 0 Å². The molecule has 0 aromatic heterocycles. The monoisotopic (exact) mass is 386 g/mol. The minimum absolute atomic E-state index is 0.797. The second kappa shape index (κ2) is 15.3. The maximum Gasteiger partial charge on any atom is -0.0233 e. The Hall–Kier alpha value is -0.520. The molecule has 0 nitrogen and oxygen atoms in total. The van der Waals surface area contributed by atoms with Crippen molar-refractivity contribution >= 4 is 0 Å². The first-order valence-electron chi connectivity index (χ1n) is 13.1. The number of hydrogen-bond donors (Lipinski definition) is 0. The average Bonchev–Trinajstić information content (AvgIpc) is 2.74. The quantitative estimate of drug-likeness (QED) is 0.206. The van der Waals surface area contributed by atoms with Gasteiger partial charge in [0.05, 0.1) is 0 Å². The lowest BCUT2D eigenvalue weighted by molar-refractivity contribution is 0.249. The SMILES string of the molecule is C=CC1CCC(C=CCCC2CCC(CCCCCCCCCC)CC2)CC1. The molecule has 162 valence electrons. The lowest BCUT2D eigenvalue weighted by atomic mass is 9.78. The van der Waals surface area contributed by atoms with Crippen LogP contribution in [0.25, 0.3) is 0 Å². The highest BCUT2D eigenvalue weighted by atomic mass is 14.3. The maximum absolute atomic E-state index is 3.96. The maximum atomic E-state index is 3.96. The Morgan fingerprint density at radius 1 is 0.643 bits per heavy atom.